The Labute approximate surface area is 154 Å². The van der Waals surface area contributed by atoms with Crippen molar-refractivity contribution >= 4 is 0 Å². The molecule has 6 unspecified atom stereocenters. The van der Waals surface area contributed by atoms with Crippen molar-refractivity contribution in [2.24, 2.45) is 35.5 Å². The molecule has 0 aliphatic heterocycles. The minimum atomic E-state index is 0.993. The molecular weight excluding hydrogens is 288 g/mol. The quantitative estimate of drug-likeness (QED) is 0.389. The Morgan fingerprint density at radius 1 is 0.292 bits per heavy atom. The minimum absolute atomic E-state index is 0.993. The van der Waals surface area contributed by atoms with E-state index in [-0.39, 0.29) is 0 Å². The third-order valence-electron chi connectivity index (χ3n) is 7.62. The van der Waals surface area contributed by atoms with Crippen LogP contribution in [0.1, 0.15) is 119 Å². The topological polar surface area (TPSA) is 0 Å². The zero-order valence-electron chi connectivity index (χ0n) is 17.9. The van der Waals surface area contributed by atoms with Gasteiger partial charge in [-0.2, -0.15) is 0 Å². The summed E-state index contributed by atoms with van der Waals surface area (Å²) in [5.41, 5.74) is 0. The van der Waals surface area contributed by atoms with Crippen molar-refractivity contribution in [3.8, 4) is 0 Å². The molecule has 0 radical (unpaired) electrons. The van der Waals surface area contributed by atoms with Gasteiger partial charge in [-0.05, 0) is 35.5 Å². The highest BCUT2D eigenvalue weighted by Gasteiger charge is 2.17. The molecule has 0 aromatic heterocycles. The van der Waals surface area contributed by atoms with Gasteiger partial charge in [0.1, 0.15) is 0 Å². The summed E-state index contributed by atoms with van der Waals surface area (Å²) in [4.78, 5) is 0. The maximum absolute atomic E-state index is 2.40. The standard InChI is InChI=1S/C9H18.C8H16.C7H14/c1-8-6-4-3-5-7-9(8)2;1-7-5-3-4-6-8(7)2;1-6-4-3-5-7(6)2/h8-9H,3-7H2,1-2H3;7-8H,3-6H2,1-2H3;6-7H,3-5H2,1-2H3. The summed E-state index contributed by atoms with van der Waals surface area (Å²) in [7, 11) is 0. The number of rotatable bonds is 0. The largest absolute Gasteiger partial charge is 0.0623 e. The van der Waals surface area contributed by atoms with Gasteiger partial charge in [0.05, 0.1) is 0 Å². The molecule has 3 rings (SSSR count). The van der Waals surface area contributed by atoms with Crippen LogP contribution in [0.5, 0.6) is 0 Å². The Bertz CT molecular complexity index is 266. The molecular formula is C24H48. The van der Waals surface area contributed by atoms with Crippen molar-refractivity contribution in [1.29, 1.82) is 0 Å². The summed E-state index contributed by atoms with van der Waals surface area (Å²) in [6.07, 6.45) is 17.7. The Morgan fingerprint density at radius 2 is 0.500 bits per heavy atom. The van der Waals surface area contributed by atoms with Crippen LogP contribution in [0.15, 0.2) is 0 Å². The SMILES string of the molecule is CC1CCCC1C.CC1CCCCC1C.CC1CCCCCC1C. The average molecular weight is 337 g/mol. The van der Waals surface area contributed by atoms with Crippen molar-refractivity contribution in [2.75, 3.05) is 0 Å². The van der Waals surface area contributed by atoms with Crippen molar-refractivity contribution in [1.82, 2.24) is 0 Å². The van der Waals surface area contributed by atoms with E-state index in [0.717, 1.165) is 35.5 Å². The second kappa shape index (κ2) is 12.4. The molecule has 144 valence electrons. The lowest BCUT2D eigenvalue weighted by atomic mass is 9.82. The van der Waals surface area contributed by atoms with E-state index in [9.17, 15) is 0 Å². The lowest BCUT2D eigenvalue weighted by Gasteiger charge is -2.24. The predicted molar refractivity (Wildman–Crippen MR) is 110 cm³/mol. The first-order chi connectivity index (χ1) is 11.4. The van der Waals surface area contributed by atoms with E-state index in [1.807, 2.05) is 0 Å². The van der Waals surface area contributed by atoms with Crippen LogP contribution in [-0.2, 0) is 0 Å². The first kappa shape index (κ1) is 22.0. The molecule has 0 saturated heterocycles. The van der Waals surface area contributed by atoms with Crippen LogP contribution in [-0.4, -0.2) is 0 Å². The van der Waals surface area contributed by atoms with Crippen LogP contribution in [0, 0.1) is 35.5 Å². The molecule has 3 aliphatic carbocycles. The molecule has 0 nitrogen and oxygen atoms in total. The van der Waals surface area contributed by atoms with E-state index in [0.29, 0.717) is 0 Å². The van der Waals surface area contributed by atoms with Crippen molar-refractivity contribution in [3.05, 3.63) is 0 Å². The number of hydrogen-bond donors (Lipinski definition) is 0. The Kier molecular flexibility index (Phi) is 11.4. The molecule has 3 aliphatic rings. The molecule has 0 N–H and O–H groups in total. The molecule has 0 amide bonds. The fraction of sp³-hybridized carbons (Fsp3) is 1.00. The molecule has 0 aromatic rings. The molecule has 0 heterocycles. The highest BCUT2D eigenvalue weighted by atomic mass is 14.2. The average Bonchev–Trinajstić information content (AvgIpc) is 2.83. The molecule has 0 bridgehead atoms. The summed E-state index contributed by atoms with van der Waals surface area (Å²) in [5.74, 6) is 6.02. The van der Waals surface area contributed by atoms with E-state index in [4.69, 9.17) is 0 Å². The fourth-order valence-corrected chi connectivity index (χ4v) is 4.51. The van der Waals surface area contributed by atoms with Gasteiger partial charge >= 0.3 is 0 Å². The molecule has 3 saturated carbocycles. The highest BCUT2D eigenvalue weighted by molar-refractivity contribution is 4.69. The summed E-state index contributed by atoms with van der Waals surface area (Å²) in [5, 5.41) is 0. The summed E-state index contributed by atoms with van der Waals surface area (Å²) < 4.78 is 0. The van der Waals surface area contributed by atoms with Gasteiger partial charge < -0.3 is 0 Å². The van der Waals surface area contributed by atoms with Gasteiger partial charge in [0.25, 0.3) is 0 Å². The summed E-state index contributed by atoms with van der Waals surface area (Å²) in [6.45, 7) is 14.3. The van der Waals surface area contributed by atoms with Gasteiger partial charge in [-0.1, -0.05) is 119 Å². The van der Waals surface area contributed by atoms with Crippen molar-refractivity contribution in [3.63, 3.8) is 0 Å². The minimum Gasteiger partial charge on any atom is -0.0623 e. The highest BCUT2D eigenvalue weighted by Crippen LogP contribution is 2.30. The van der Waals surface area contributed by atoms with Gasteiger partial charge in [-0.25, -0.2) is 0 Å². The third-order valence-corrected chi connectivity index (χ3v) is 7.62. The van der Waals surface area contributed by atoms with Crippen LogP contribution in [0.4, 0.5) is 0 Å². The Balaban J connectivity index is 0.000000181. The first-order valence-corrected chi connectivity index (χ1v) is 11.4. The summed E-state index contributed by atoms with van der Waals surface area (Å²) in [6, 6.07) is 0. The molecule has 6 atom stereocenters. The zero-order chi connectivity index (χ0) is 17.9. The lowest BCUT2D eigenvalue weighted by molar-refractivity contribution is 0.277. The van der Waals surface area contributed by atoms with Gasteiger partial charge in [0.15, 0.2) is 0 Å². The fourth-order valence-electron chi connectivity index (χ4n) is 4.51. The normalized spacial score (nSPS) is 39.8. The third kappa shape index (κ3) is 8.91. The molecule has 24 heavy (non-hydrogen) atoms. The van der Waals surface area contributed by atoms with Crippen LogP contribution < -0.4 is 0 Å². The predicted octanol–water partition coefficient (Wildman–Crippen LogP) is 8.50. The lowest BCUT2D eigenvalue weighted by Crippen LogP contribution is -2.12. The van der Waals surface area contributed by atoms with Gasteiger partial charge in [0, 0.05) is 0 Å². The second-order valence-electron chi connectivity index (χ2n) is 9.72. The molecule has 0 heteroatoms. The van der Waals surface area contributed by atoms with Crippen molar-refractivity contribution in [2.45, 2.75) is 119 Å². The molecule has 3 fully saturated rings. The number of hydrogen-bond acceptors (Lipinski definition) is 0. The van der Waals surface area contributed by atoms with E-state index < -0.39 is 0 Å². The van der Waals surface area contributed by atoms with E-state index in [2.05, 4.69) is 41.5 Å². The second-order valence-corrected chi connectivity index (χ2v) is 9.72. The van der Waals surface area contributed by atoms with Crippen LogP contribution in [0.3, 0.4) is 0 Å². The maximum atomic E-state index is 2.40. The molecule has 0 aromatic carbocycles. The first-order valence-electron chi connectivity index (χ1n) is 11.4. The van der Waals surface area contributed by atoms with Crippen LogP contribution in [0.2, 0.25) is 0 Å². The van der Waals surface area contributed by atoms with Gasteiger partial charge in [-0.15, -0.1) is 0 Å². The van der Waals surface area contributed by atoms with Crippen LogP contribution >= 0.6 is 0 Å². The van der Waals surface area contributed by atoms with Crippen LogP contribution in [0.25, 0.3) is 0 Å². The Hall–Kier alpha value is 0. The monoisotopic (exact) mass is 336 g/mol. The van der Waals surface area contributed by atoms with E-state index in [1.165, 1.54) is 77.0 Å². The smallest absolute Gasteiger partial charge is 0.0417 e. The van der Waals surface area contributed by atoms with E-state index in [1.54, 1.807) is 0 Å². The van der Waals surface area contributed by atoms with Gasteiger partial charge in [-0.3, -0.25) is 0 Å². The van der Waals surface area contributed by atoms with E-state index >= 15 is 0 Å². The van der Waals surface area contributed by atoms with Crippen molar-refractivity contribution < 1.29 is 0 Å². The summed E-state index contributed by atoms with van der Waals surface area (Å²) >= 11 is 0. The zero-order valence-corrected chi connectivity index (χ0v) is 17.9. The molecule has 0 spiro atoms. The maximum Gasteiger partial charge on any atom is -0.0417 e. The Morgan fingerprint density at radius 3 is 0.750 bits per heavy atom. The van der Waals surface area contributed by atoms with Gasteiger partial charge in [0.2, 0.25) is 0 Å².